The van der Waals surface area contributed by atoms with E-state index in [1.807, 2.05) is 18.2 Å². The molecule has 0 saturated carbocycles. The first kappa shape index (κ1) is 14.7. The summed E-state index contributed by atoms with van der Waals surface area (Å²) in [5.74, 6) is 0. The van der Waals surface area contributed by atoms with Crippen molar-refractivity contribution in [3.63, 3.8) is 0 Å². The van der Waals surface area contributed by atoms with Gasteiger partial charge in [0.2, 0.25) is 0 Å². The second-order valence-corrected chi connectivity index (χ2v) is 6.39. The van der Waals surface area contributed by atoms with Crippen LogP contribution in [-0.4, -0.2) is 28.1 Å². The zero-order valence-corrected chi connectivity index (χ0v) is 13.5. The Balaban J connectivity index is 1.66. The molecule has 1 saturated heterocycles. The van der Waals surface area contributed by atoms with Crippen molar-refractivity contribution >= 4 is 15.9 Å². The van der Waals surface area contributed by atoms with Gasteiger partial charge in [-0.3, -0.25) is 4.90 Å². The van der Waals surface area contributed by atoms with Crippen LogP contribution in [0.1, 0.15) is 24.0 Å². The van der Waals surface area contributed by atoms with Gasteiger partial charge in [-0.25, -0.2) is 4.98 Å². The number of likely N-dealkylation sites (tertiary alicyclic amines) is 1. The van der Waals surface area contributed by atoms with Crippen LogP contribution in [-0.2, 0) is 12.1 Å². The van der Waals surface area contributed by atoms with E-state index in [2.05, 4.69) is 50.1 Å². The lowest BCUT2D eigenvalue weighted by molar-refractivity contribution is -0.0285. The number of hydrogen-bond acceptors (Lipinski definition) is 3. The first-order valence-corrected chi connectivity index (χ1v) is 8.06. The van der Waals surface area contributed by atoms with Crippen molar-refractivity contribution in [2.45, 2.75) is 25.0 Å². The molecule has 2 heterocycles. The van der Waals surface area contributed by atoms with Gasteiger partial charge in [0.15, 0.2) is 0 Å². The third kappa shape index (κ3) is 3.34. The third-order valence-electron chi connectivity index (χ3n) is 4.19. The third-order valence-corrected chi connectivity index (χ3v) is 4.82. The van der Waals surface area contributed by atoms with E-state index in [4.69, 9.17) is 0 Å². The topological polar surface area (TPSA) is 36.4 Å². The molecular weight excluding hydrogens is 328 g/mol. The number of pyridine rings is 1. The van der Waals surface area contributed by atoms with Crippen LogP contribution in [0.3, 0.4) is 0 Å². The summed E-state index contributed by atoms with van der Waals surface area (Å²) in [6.07, 6.45) is 3.22. The molecule has 0 bridgehead atoms. The molecule has 1 aliphatic rings. The monoisotopic (exact) mass is 346 g/mol. The number of piperidine rings is 1. The number of benzene rings is 1. The van der Waals surface area contributed by atoms with E-state index in [-0.39, 0.29) is 0 Å². The van der Waals surface area contributed by atoms with E-state index in [1.165, 1.54) is 5.56 Å². The SMILES string of the molecule is OC1(c2cccnc2Br)CCN(Cc2ccccc2)CC1. The molecule has 4 heteroatoms. The summed E-state index contributed by atoms with van der Waals surface area (Å²) in [5.41, 5.74) is 1.47. The highest BCUT2D eigenvalue weighted by Crippen LogP contribution is 2.36. The van der Waals surface area contributed by atoms with E-state index >= 15 is 0 Å². The number of nitrogens with zero attached hydrogens (tertiary/aromatic N) is 2. The van der Waals surface area contributed by atoms with E-state index < -0.39 is 5.60 Å². The van der Waals surface area contributed by atoms with Crippen molar-refractivity contribution in [3.8, 4) is 0 Å². The van der Waals surface area contributed by atoms with Crippen molar-refractivity contribution < 1.29 is 5.11 Å². The minimum Gasteiger partial charge on any atom is -0.385 e. The predicted octanol–water partition coefficient (Wildman–Crippen LogP) is 3.33. The molecule has 1 N–H and O–H groups in total. The quantitative estimate of drug-likeness (QED) is 0.866. The maximum atomic E-state index is 10.9. The van der Waals surface area contributed by atoms with Gasteiger partial charge in [-0.2, -0.15) is 0 Å². The number of rotatable bonds is 3. The molecule has 1 aromatic heterocycles. The first-order valence-electron chi connectivity index (χ1n) is 7.27. The van der Waals surface area contributed by atoms with Gasteiger partial charge in [-0.1, -0.05) is 36.4 Å². The lowest BCUT2D eigenvalue weighted by Gasteiger charge is -2.38. The molecule has 0 spiro atoms. The molecule has 3 rings (SSSR count). The number of aliphatic hydroxyl groups is 1. The largest absolute Gasteiger partial charge is 0.385 e. The van der Waals surface area contributed by atoms with Crippen LogP contribution in [0.25, 0.3) is 0 Å². The summed E-state index contributed by atoms with van der Waals surface area (Å²) in [5, 5.41) is 10.9. The van der Waals surface area contributed by atoms with Crippen LogP contribution in [0.15, 0.2) is 53.3 Å². The van der Waals surface area contributed by atoms with Gasteiger partial charge in [0.25, 0.3) is 0 Å². The van der Waals surface area contributed by atoms with Crippen molar-refractivity contribution in [2.24, 2.45) is 0 Å². The zero-order chi connectivity index (χ0) is 14.7. The number of hydrogen-bond donors (Lipinski definition) is 1. The smallest absolute Gasteiger partial charge is 0.112 e. The molecule has 0 atom stereocenters. The van der Waals surface area contributed by atoms with Crippen LogP contribution < -0.4 is 0 Å². The molecule has 1 aliphatic heterocycles. The lowest BCUT2D eigenvalue weighted by atomic mass is 9.85. The second-order valence-electron chi connectivity index (χ2n) is 5.64. The second kappa shape index (κ2) is 6.26. The Morgan fingerprint density at radius 1 is 1.10 bits per heavy atom. The normalized spacial score (nSPS) is 18.6. The molecule has 21 heavy (non-hydrogen) atoms. The molecule has 2 aromatic rings. The Morgan fingerprint density at radius 2 is 1.81 bits per heavy atom. The lowest BCUT2D eigenvalue weighted by Crippen LogP contribution is -2.42. The fourth-order valence-electron chi connectivity index (χ4n) is 2.93. The van der Waals surface area contributed by atoms with Crippen molar-refractivity contribution in [1.82, 2.24) is 9.88 Å². The van der Waals surface area contributed by atoms with Crippen molar-refractivity contribution in [1.29, 1.82) is 0 Å². The van der Waals surface area contributed by atoms with Gasteiger partial charge < -0.3 is 5.11 Å². The molecule has 3 nitrogen and oxygen atoms in total. The number of aromatic nitrogens is 1. The maximum Gasteiger partial charge on any atom is 0.112 e. The van der Waals surface area contributed by atoms with Crippen LogP contribution in [0.2, 0.25) is 0 Å². The van der Waals surface area contributed by atoms with Gasteiger partial charge >= 0.3 is 0 Å². The van der Waals surface area contributed by atoms with Gasteiger partial charge in [0, 0.05) is 31.4 Å². The average Bonchev–Trinajstić information content (AvgIpc) is 2.51. The van der Waals surface area contributed by atoms with Gasteiger partial charge in [-0.05, 0) is 40.4 Å². The van der Waals surface area contributed by atoms with E-state index in [1.54, 1.807) is 6.20 Å². The molecule has 0 unspecified atom stereocenters. The molecule has 0 aliphatic carbocycles. The highest BCUT2D eigenvalue weighted by Gasteiger charge is 2.35. The van der Waals surface area contributed by atoms with Gasteiger partial charge in [0.1, 0.15) is 4.60 Å². The fraction of sp³-hybridized carbons (Fsp3) is 0.353. The van der Waals surface area contributed by atoms with E-state index in [9.17, 15) is 5.11 Å². The fourth-order valence-corrected chi connectivity index (χ4v) is 3.54. The molecule has 0 amide bonds. The maximum absolute atomic E-state index is 10.9. The van der Waals surface area contributed by atoms with Gasteiger partial charge in [-0.15, -0.1) is 0 Å². The highest BCUT2D eigenvalue weighted by atomic mass is 79.9. The zero-order valence-electron chi connectivity index (χ0n) is 11.9. The summed E-state index contributed by atoms with van der Waals surface area (Å²) in [6.45, 7) is 2.74. The average molecular weight is 347 g/mol. The Hall–Kier alpha value is -1.23. The Bertz CT molecular complexity index is 595. The molecule has 0 radical (unpaired) electrons. The van der Waals surface area contributed by atoms with Crippen molar-refractivity contribution in [2.75, 3.05) is 13.1 Å². The Labute approximate surface area is 133 Å². The summed E-state index contributed by atoms with van der Waals surface area (Å²) in [4.78, 5) is 6.63. The van der Waals surface area contributed by atoms with Crippen LogP contribution in [0.4, 0.5) is 0 Å². The van der Waals surface area contributed by atoms with Crippen molar-refractivity contribution in [3.05, 3.63) is 64.4 Å². The first-order chi connectivity index (χ1) is 10.2. The molecule has 1 fully saturated rings. The minimum atomic E-state index is -0.764. The minimum absolute atomic E-state index is 0.740. The Morgan fingerprint density at radius 3 is 2.48 bits per heavy atom. The summed E-state index contributed by atoms with van der Waals surface area (Å²) >= 11 is 3.45. The standard InChI is InChI=1S/C17H19BrN2O/c18-16-15(7-4-10-19-16)17(21)8-11-20(12-9-17)13-14-5-2-1-3-6-14/h1-7,10,21H,8-9,11-13H2. The summed E-state index contributed by atoms with van der Waals surface area (Å²) < 4.78 is 0.754. The van der Waals surface area contributed by atoms with Crippen LogP contribution in [0.5, 0.6) is 0 Å². The summed E-state index contributed by atoms with van der Waals surface area (Å²) in [6, 6.07) is 14.3. The summed E-state index contributed by atoms with van der Waals surface area (Å²) in [7, 11) is 0. The molecule has 1 aromatic carbocycles. The van der Waals surface area contributed by atoms with E-state index in [0.717, 1.165) is 42.6 Å². The molecule has 110 valence electrons. The number of halogens is 1. The van der Waals surface area contributed by atoms with E-state index in [0.29, 0.717) is 0 Å². The van der Waals surface area contributed by atoms with Crippen LogP contribution in [0, 0.1) is 0 Å². The van der Waals surface area contributed by atoms with Crippen LogP contribution >= 0.6 is 15.9 Å². The Kier molecular flexibility index (Phi) is 4.38. The predicted molar refractivity (Wildman–Crippen MR) is 86.8 cm³/mol. The van der Waals surface area contributed by atoms with Gasteiger partial charge in [0.05, 0.1) is 5.60 Å². The highest BCUT2D eigenvalue weighted by molar-refractivity contribution is 9.10. The molecular formula is C17H19BrN2O.